The number of nitrogens with zero attached hydrogens (tertiary/aromatic N) is 2. The summed E-state index contributed by atoms with van der Waals surface area (Å²) in [5.41, 5.74) is 0.0637. The third-order valence-corrected chi connectivity index (χ3v) is 2.28. The molecule has 0 N–H and O–H groups in total. The molecule has 0 fully saturated rings. The fourth-order valence-electron chi connectivity index (χ4n) is 1.32. The smallest absolute Gasteiger partial charge is 0.364 e. The monoisotopic (exact) mass is 284 g/mol. The highest BCUT2D eigenvalue weighted by Crippen LogP contribution is 2.20. The van der Waals surface area contributed by atoms with Crippen molar-refractivity contribution >= 4 is 17.4 Å². The third-order valence-electron chi connectivity index (χ3n) is 2.00. The van der Waals surface area contributed by atoms with Crippen LogP contribution >= 0.6 is 11.6 Å². The Morgan fingerprint density at radius 2 is 2.17 bits per heavy atom. The van der Waals surface area contributed by atoms with E-state index in [0.717, 1.165) is 0 Å². The molecule has 0 aromatic carbocycles. The number of ketones is 1. The first-order valence-corrected chi connectivity index (χ1v) is 5.51. The molecule has 1 heterocycles. The summed E-state index contributed by atoms with van der Waals surface area (Å²) in [6, 6.07) is -0.126. The first-order chi connectivity index (χ1) is 8.22. The zero-order valence-electron chi connectivity index (χ0n) is 9.79. The molecule has 0 unspecified atom stereocenters. The van der Waals surface area contributed by atoms with Crippen molar-refractivity contribution < 1.29 is 22.7 Å². The normalized spacial score (nSPS) is 12.2. The van der Waals surface area contributed by atoms with Gasteiger partial charge in [-0.2, -0.15) is 18.3 Å². The van der Waals surface area contributed by atoms with Crippen LogP contribution in [0.25, 0.3) is 0 Å². The zero-order valence-corrected chi connectivity index (χ0v) is 10.5. The van der Waals surface area contributed by atoms with Crippen molar-refractivity contribution in [2.24, 2.45) is 0 Å². The minimum atomic E-state index is -4.46. The van der Waals surface area contributed by atoms with Crippen LogP contribution < -0.4 is 0 Å². The molecule has 0 bridgehead atoms. The highest BCUT2D eigenvalue weighted by atomic mass is 35.5. The van der Waals surface area contributed by atoms with Crippen LogP contribution in [0, 0.1) is 0 Å². The minimum absolute atomic E-state index is 0.0637. The van der Waals surface area contributed by atoms with E-state index in [9.17, 15) is 18.0 Å². The molecule has 0 amide bonds. The van der Waals surface area contributed by atoms with Crippen molar-refractivity contribution in [2.75, 3.05) is 13.2 Å². The van der Waals surface area contributed by atoms with Gasteiger partial charge < -0.3 is 4.74 Å². The van der Waals surface area contributed by atoms with Crippen molar-refractivity contribution in [1.29, 1.82) is 0 Å². The van der Waals surface area contributed by atoms with Crippen LogP contribution in [0.5, 0.6) is 0 Å². The topological polar surface area (TPSA) is 44.1 Å². The van der Waals surface area contributed by atoms with Crippen LogP contribution in [-0.4, -0.2) is 35.0 Å². The Labute approximate surface area is 107 Å². The molecule has 1 rings (SSSR count). The van der Waals surface area contributed by atoms with E-state index in [4.69, 9.17) is 11.6 Å². The fourth-order valence-corrected chi connectivity index (χ4v) is 1.56. The number of halogens is 4. The number of hydrogen-bond donors (Lipinski definition) is 0. The zero-order chi connectivity index (χ0) is 13.9. The molecule has 18 heavy (non-hydrogen) atoms. The highest BCUT2D eigenvalue weighted by molar-refractivity contribution is 6.33. The van der Waals surface area contributed by atoms with E-state index >= 15 is 0 Å². The molecule has 8 heteroatoms. The largest absolute Gasteiger partial charge is 0.411 e. The van der Waals surface area contributed by atoms with Gasteiger partial charge in [0.1, 0.15) is 18.9 Å². The van der Waals surface area contributed by atoms with Gasteiger partial charge in [-0.1, -0.05) is 11.6 Å². The third kappa shape index (κ3) is 3.99. The molecule has 102 valence electrons. The second kappa shape index (κ2) is 5.71. The Kier molecular flexibility index (Phi) is 4.75. The molecule has 0 aliphatic rings. The maximum absolute atomic E-state index is 11.9. The number of ether oxygens (including phenoxy) is 1. The summed E-state index contributed by atoms with van der Waals surface area (Å²) in [5.74, 6) is -0.629. The SMILES string of the molecule is CC(C)n1ncc(Cl)c1C(=O)COCC(F)(F)F. The molecule has 0 saturated heterocycles. The minimum Gasteiger partial charge on any atom is -0.364 e. The standard InChI is InChI=1S/C10H12ClF3N2O2/c1-6(2)16-9(7(11)3-15-16)8(17)4-18-5-10(12,13)14/h3,6H,4-5H2,1-2H3. The summed E-state index contributed by atoms with van der Waals surface area (Å²) in [4.78, 5) is 11.7. The molecule has 1 aromatic heterocycles. The summed E-state index contributed by atoms with van der Waals surface area (Å²) in [6.07, 6.45) is -3.18. The summed E-state index contributed by atoms with van der Waals surface area (Å²) in [7, 11) is 0. The Bertz CT molecular complexity index is 429. The van der Waals surface area contributed by atoms with Crippen LogP contribution in [0.2, 0.25) is 5.02 Å². The van der Waals surface area contributed by atoms with Gasteiger partial charge in [0, 0.05) is 6.04 Å². The van der Waals surface area contributed by atoms with Crippen molar-refractivity contribution in [3.8, 4) is 0 Å². The van der Waals surface area contributed by atoms with E-state index in [1.807, 2.05) is 0 Å². The van der Waals surface area contributed by atoms with Gasteiger partial charge in [-0.15, -0.1) is 0 Å². The number of rotatable bonds is 5. The lowest BCUT2D eigenvalue weighted by Gasteiger charge is -2.11. The molecule has 0 aliphatic carbocycles. The lowest BCUT2D eigenvalue weighted by molar-refractivity contribution is -0.170. The van der Waals surface area contributed by atoms with E-state index in [1.54, 1.807) is 13.8 Å². The first-order valence-electron chi connectivity index (χ1n) is 5.13. The Morgan fingerprint density at radius 1 is 1.56 bits per heavy atom. The molecular formula is C10H12ClF3N2O2. The van der Waals surface area contributed by atoms with Gasteiger partial charge in [0.2, 0.25) is 5.78 Å². The second-order valence-corrected chi connectivity index (χ2v) is 4.32. The molecular weight excluding hydrogens is 273 g/mol. The van der Waals surface area contributed by atoms with Gasteiger partial charge in [-0.25, -0.2) is 0 Å². The van der Waals surface area contributed by atoms with Gasteiger partial charge in [0.15, 0.2) is 0 Å². The van der Waals surface area contributed by atoms with Crippen LogP contribution in [0.1, 0.15) is 30.4 Å². The first kappa shape index (κ1) is 15.0. The number of aromatic nitrogens is 2. The van der Waals surface area contributed by atoms with Gasteiger partial charge in [-0.05, 0) is 13.8 Å². The van der Waals surface area contributed by atoms with Gasteiger partial charge >= 0.3 is 6.18 Å². The molecule has 0 radical (unpaired) electrons. The lowest BCUT2D eigenvalue weighted by atomic mass is 10.2. The van der Waals surface area contributed by atoms with E-state index in [0.29, 0.717) is 0 Å². The predicted octanol–water partition coefficient (Wildman–Crippen LogP) is 2.88. The maximum Gasteiger partial charge on any atom is 0.411 e. The number of alkyl halides is 3. The van der Waals surface area contributed by atoms with E-state index < -0.39 is 25.2 Å². The quantitative estimate of drug-likeness (QED) is 0.781. The van der Waals surface area contributed by atoms with Gasteiger partial charge in [0.05, 0.1) is 11.2 Å². The van der Waals surface area contributed by atoms with Crippen LogP contribution in [0.4, 0.5) is 13.2 Å². The molecule has 0 atom stereocenters. The average Bonchev–Trinajstić information content (AvgIpc) is 2.58. The van der Waals surface area contributed by atoms with E-state index in [1.165, 1.54) is 10.9 Å². The summed E-state index contributed by atoms with van der Waals surface area (Å²) in [6.45, 7) is 1.40. The van der Waals surface area contributed by atoms with Crippen LogP contribution in [0.3, 0.4) is 0 Å². The number of carbonyl (C=O) groups is 1. The van der Waals surface area contributed by atoms with E-state index in [-0.39, 0.29) is 16.8 Å². The maximum atomic E-state index is 11.9. The molecule has 4 nitrogen and oxygen atoms in total. The Balaban J connectivity index is 2.70. The molecule has 0 spiro atoms. The molecule has 0 saturated carbocycles. The summed E-state index contributed by atoms with van der Waals surface area (Å²) < 4.78 is 41.2. The van der Waals surface area contributed by atoms with Crippen LogP contribution in [0.15, 0.2) is 6.20 Å². The van der Waals surface area contributed by atoms with Crippen molar-refractivity contribution in [2.45, 2.75) is 26.1 Å². The number of carbonyl (C=O) groups excluding carboxylic acids is 1. The van der Waals surface area contributed by atoms with Crippen LogP contribution in [-0.2, 0) is 4.74 Å². The second-order valence-electron chi connectivity index (χ2n) is 3.91. The van der Waals surface area contributed by atoms with E-state index in [2.05, 4.69) is 9.84 Å². The summed E-state index contributed by atoms with van der Waals surface area (Å²) >= 11 is 5.77. The van der Waals surface area contributed by atoms with Crippen molar-refractivity contribution in [1.82, 2.24) is 9.78 Å². The predicted molar refractivity (Wildman–Crippen MR) is 58.8 cm³/mol. The Hall–Kier alpha value is -1.08. The highest BCUT2D eigenvalue weighted by Gasteiger charge is 2.28. The van der Waals surface area contributed by atoms with Crippen molar-refractivity contribution in [3.63, 3.8) is 0 Å². The Morgan fingerprint density at radius 3 is 2.67 bits per heavy atom. The van der Waals surface area contributed by atoms with Crippen molar-refractivity contribution in [3.05, 3.63) is 16.9 Å². The van der Waals surface area contributed by atoms with Gasteiger partial charge in [0.25, 0.3) is 0 Å². The molecule has 0 aliphatic heterocycles. The number of hydrogen-bond acceptors (Lipinski definition) is 3. The summed E-state index contributed by atoms with van der Waals surface area (Å²) in [5, 5.41) is 3.98. The molecule has 1 aromatic rings. The average molecular weight is 285 g/mol. The number of Topliss-reactive ketones (excluding diaryl/α,β-unsaturated/α-hetero) is 1. The fraction of sp³-hybridized carbons (Fsp3) is 0.600. The lowest BCUT2D eigenvalue weighted by Crippen LogP contribution is -2.22. The van der Waals surface area contributed by atoms with Gasteiger partial charge in [-0.3, -0.25) is 9.48 Å².